The highest BCUT2D eigenvalue weighted by atomic mass is 15.1. The van der Waals surface area contributed by atoms with Crippen LogP contribution in [0, 0.1) is 0 Å². The highest BCUT2D eigenvalue weighted by Crippen LogP contribution is 2.39. The van der Waals surface area contributed by atoms with Crippen LogP contribution >= 0.6 is 0 Å². The van der Waals surface area contributed by atoms with Crippen LogP contribution in [0.25, 0.3) is 45.5 Å². The van der Waals surface area contributed by atoms with Crippen LogP contribution in [0.5, 0.6) is 0 Å². The smallest absolute Gasteiger partial charge is 0.0623 e. The molecule has 0 heterocycles. The summed E-state index contributed by atoms with van der Waals surface area (Å²) in [5.74, 6) is 0. The second kappa shape index (κ2) is 15.6. The standard InChI is InChI=1S/C52H40N2/c1-3-39-13-11-19-51(37-39)53(47-29-21-43(22-30-47)41-15-7-5-8-16-41)49-33-25-45(26-34-49)46-27-35-50(36-28-46)54(52-20-12-14-40(4-2)38-52)48-31-23-44(24-32-48)42-17-9-6-10-18-42/h3-38H,1-2H2/i1D2,2D2,3D,4D. The lowest BCUT2D eigenvalue weighted by atomic mass is 10.0. The molecule has 0 N–H and O–H groups in total. The largest absolute Gasteiger partial charge is 0.310 e. The molecular formula is C52H40N2. The van der Waals surface area contributed by atoms with Crippen LogP contribution in [0.1, 0.15) is 19.4 Å². The van der Waals surface area contributed by atoms with Gasteiger partial charge < -0.3 is 9.80 Å². The first-order valence-corrected chi connectivity index (χ1v) is 17.8. The maximum absolute atomic E-state index is 8.34. The van der Waals surface area contributed by atoms with E-state index in [9.17, 15) is 0 Å². The Morgan fingerprint density at radius 1 is 0.315 bits per heavy atom. The minimum atomic E-state index is -0.537. The number of anilines is 6. The van der Waals surface area contributed by atoms with Gasteiger partial charge in [0.2, 0.25) is 0 Å². The topological polar surface area (TPSA) is 6.48 Å². The fourth-order valence-electron chi connectivity index (χ4n) is 6.81. The van der Waals surface area contributed by atoms with E-state index in [4.69, 9.17) is 8.22 Å². The van der Waals surface area contributed by atoms with Gasteiger partial charge in [-0.3, -0.25) is 0 Å². The van der Waals surface area contributed by atoms with Gasteiger partial charge in [-0.15, -0.1) is 0 Å². The molecule has 0 fully saturated rings. The molecule has 2 nitrogen and oxygen atoms in total. The highest BCUT2D eigenvalue weighted by Gasteiger charge is 2.16. The highest BCUT2D eigenvalue weighted by molar-refractivity contribution is 5.83. The predicted molar refractivity (Wildman–Crippen MR) is 232 cm³/mol. The van der Waals surface area contributed by atoms with Crippen LogP contribution in [0.2, 0.25) is 0 Å². The Morgan fingerprint density at radius 3 is 0.907 bits per heavy atom. The SMILES string of the molecule is [2H]C([2H])=C([2H])c1cccc(N(c2ccc(-c3ccccc3)cc2)c2ccc(-c3ccc(N(c4ccc(-c5ccccc5)cc4)c4cccc(C([2H])=C([2H])[2H])c4)cc3)cc2)c1. The first kappa shape index (κ1) is 27.5. The third-order valence-electron chi connectivity index (χ3n) is 9.55. The van der Waals surface area contributed by atoms with Gasteiger partial charge in [0.05, 0.1) is 8.22 Å². The minimum Gasteiger partial charge on any atom is -0.310 e. The Kier molecular flexibility index (Phi) is 7.95. The van der Waals surface area contributed by atoms with Crippen LogP contribution < -0.4 is 9.80 Å². The Hall–Kier alpha value is -7.16. The van der Waals surface area contributed by atoms with Crippen molar-refractivity contribution in [2.24, 2.45) is 0 Å². The second-order valence-corrected chi connectivity index (χ2v) is 12.9. The van der Waals surface area contributed by atoms with Gasteiger partial charge in [0.25, 0.3) is 0 Å². The summed E-state index contributed by atoms with van der Waals surface area (Å²) in [5.41, 5.74) is 12.7. The zero-order chi connectivity index (χ0) is 41.6. The maximum atomic E-state index is 8.34. The Morgan fingerprint density at radius 2 is 0.611 bits per heavy atom. The molecule has 0 aliphatic carbocycles. The fourth-order valence-corrected chi connectivity index (χ4v) is 6.81. The average molecular weight is 699 g/mol. The minimum absolute atomic E-state index is 0.140. The van der Waals surface area contributed by atoms with Gasteiger partial charge in [-0.2, -0.15) is 0 Å². The van der Waals surface area contributed by atoms with Crippen molar-refractivity contribution in [1.29, 1.82) is 0 Å². The van der Waals surface area contributed by atoms with Crippen molar-refractivity contribution in [3.63, 3.8) is 0 Å². The summed E-state index contributed by atoms with van der Waals surface area (Å²) in [6.45, 7) is -1.07. The summed E-state index contributed by atoms with van der Waals surface area (Å²) in [7, 11) is 0. The zero-order valence-corrected chi connectivity index (χ0v) is 29.5. The maximum Gasteiger partial charge on any atom is 0.0623 e. The lowest BCUT2D eigenvalue weighted by molar-refractivity contribution is 1.28. The van der Waals surface area contributed by atoms with Crippen molar-refractivity contribution >= 4 is 46.2 Å². The van der Waals surface area contributed by atoms with Gasteiger partial charge >= 0.3 is 0 Å². The predicted octanol–water partition coefficient (Wildman–Crippen LogP) is 14.9. The summed E-state index contributed by atoms with van der Waals surface area (Å²) in [6.07, 6.45) is 0. The number of hydrogen-bond donors (Lipinski definition) is 0. The van der Waals surface area contributed by atoms with E-state index in [1.807, 2.05) is 72.8 Å². The van der Waals surface area contributed by atoms with Gasteiger partial charge in [0.1, 0.15) is 0 Å². The molecule has 0 unspecified atom stereocenters. The molecule has 0 aliphatic rings. The number of benzene rings is 8. The molecule has 8 aromatic carbocycles. The van der Waals surface area contributed by atoms with Crippen molar-refractivity contribution < 1.29 is 8.22 Å². The van der Waals surface area contributed by atoms with Gasteiger partial charge in [-0.05, 0) is 117 Å². The van der Waals surface area contributed by atoms with E-state index in [0.29, 0.717) is 11.1 Å². The summed E-state index contributed by atoms with van der Waals surface area (Å²) in [5, 5.41) is 0. The molecule has 0 amide bonds. The third-order valence-corrected chi connectivity index (χ3v) is 9.55. The van der Waals surface area contributed by atoms with E-state index in [1.165, 1.54) is 0 Å². The average Bonchev–Trinajstić information content (AvgIpc) is 3.30. The van der Waals surface area contributed by atoms with Crippen LogP contribution in [0.15, 0.2) is 219 Å². The normalized spacial score (nSPS) is 12.1. The first-order valence-electron chi connectivity index (χ1n) is 20.8. The monoisotopic (exact) mass is 698 g/mol. The van der Waals surface area contributed by atoms with Crippen molar-refractivity contribution in [3.8, 4) is 33.4 Å². The molecule has 0 radical (unpaired) electrons. The van der Waals surface area contributed by atoms with Crippen molar-refractivity contribution in [2.45, 2.75) is 0 Å². The quantitative estimate of drug-likeness (QED) is 0.133. The lowest BCUT2D eigenvalue weighted by Gasteiger charge is -2.27. The molecule has 0 aromatic heterocycles. The Balaban J connectivity index is 1.13. The second-order valence-electron chi connectivity index (χ2n) is 12.9. The summed E-state index contributed by atoms with van der Waals surface area (Å²) < 4.78 is 47.7. The van der Waals surface area contributed by atoms with Crippen LogP contribution in [0.4, 0.5) is 34.1 Å². The first-order chi connectivity index (χ1) is 29.2. The summed E-state index contributed by atoms with van der Waals surface area (Å²) in [6, 6.07) is 68.4. The Bertz CT molecular complexity index is 2580. The van der Waals surface area contributed by atoms with Crippen molar-refractivity contribution in [2.75, 3.05) is 9.80 Å². The van der Waals surface area contributed by atoms with Crippen LogP contribution in [-0.4, -0.2) is 0 Å². The van der Waals surface area contributed by atoms with Crippen molar-refractivity contribution in [1.82, 2.24) is 0 Å². The van der Waals surface area contributed by atoms with Crippen molar-refractivity contribution in [3.05, 3.63) is 230 Å². The molecule has 8 rings (SSSR count). The zero-order valence-electron chi connectivity index (χ0n) is 35.5. The molecular weight excluding hydrogens is 653 g/mol. The fraction of sp³-hybridized carbons (Fsp3) is 0. The summed E-state index contributed by atoms with van der Waals surface area (Å²) in [4.78, 5) is 4.23. The van der Waals surface area contributed by atoms with E-state index in [-0.39, 0.29) is 12.1 Å². The van der Waals surface area contributed by atoms with E-state index in [0.717, 1.165) is 67.5 Å². The van der Waals surface area contributed by atoms with Gasteiger partial charge in [0.15, 0.2) is 0 Å². The van der Waals surface area contributed by atoms with E-state index in [2.05, 4.69) is 131 Å². The molecule has 0 atom stereocenters. The van der Waals surface area contributed by atoms with Gasteiger partial charge in [-0.25, -0.2) is 0 Å². The molecule has 54 heavy (non-hydrogen) atoms. The van der Waals surface area contributed by atoms with E-state index >= 15 is 0 Å². The molecule has 0 bridgehead atoms. The van der Waals surface area contributed by atoms with Gasteiger partial charge in [-0.1, -0.05) is 159 Å². The van der Waals surface area contributed by atoms with Gasteiger partial charge in [0, 0.05) is 34.1 Å². The number of hydrogen-bond acceptors (Lipinski definition) is 2. The van der Waals surface area contributed by atoms with E-state index < -0.39 is 13.1 Å². The molecule has 8 aromatic rings. The van der Waals surface area contributed by atoms with Crippen LogP contribution in [0.3, 0.4) is 0 Å². The third kappa shape index (κ3) is 7.27. The summed E-state index contributed by atoms with van der Waals surface area (Å²) >= 11 is 0. The molecule has 0 aliphatic heterocycles. The lowest BCUT2D eigenvalue weighted by Crippen LogP contribution is -2.10. The van der Waals surface area contributed by atoms with Crippen LogP contribution in [-0.2, 0) is 0 Å². The molecule has 0 spiro atoms. The molecule has 258 valence electrons. The molecule has 2 heteroatoms. The number of rotatable bonds is 11. The van der Waals surface area contributed by atoms with E-state index in [1.54, 1.807) is 12.1 Å². The molecule has 0 saturated carbocycles. The molecule has 0 saturated heterocycles. The Labute approximate surface area is 327 Å². The number of nitrogens with zero attached hydrogens (tertiary/aromatic N) is 2.